The second kappa shape index (κ2) is 7.15. The van der Waals surface area contributed by atoms with E-state index in [2.05, 4.69) is 10.4 Å². The molecule has 11 heteroatoms. The van der Waals surface area contributed by atoms with Crippen LogP contribution in [0.3, 0.4) is 0 Å². The Morgan fingerprint density at radius 3 is 2.32 bits per heavy atom. The Kier molecular flexibility index (Phi) is 5.38. The van der Waals surface area contributed by atoms with Crippen molar-refractivity contribution in [3.63, 3.8) is 0 Å². The van der Waals surface area contributed by atoms with E-state index < -0.39 is 21.8 Å². The standard InChI is InChI=1S/C14H14F3N3O4S/c1-23-10-4-5-11(24-2)12(7-10)25(21,22)20-19-13-6-3-9(8-18-13)14(15,16)17/h3-8,20H,1-2H3,(H,18,19). The number of rotatable bonds is 6. The molecule has 0 spiro atoms. The van der Waals surface area contributed by atoms with Crippen LogP contribution in [0.15, 0.2) is 41.4 Å². The predicted molar refractivity (Wildman–Crippen MR) is 82.7 cm³/mol. The third-order valence-corrected chi connectivity index (χ3v) is 4.33. The van der Waals surface area contributed by atoms with Gasteiger partial charge in [-0.2, -0.15) is 13.2 Å². The Morgan fingerprint density at radius 1 is 1.08 bits per heavy atom. The van der Waals surface area contributed by atoms with Crippen molar-refractivity contribution in [2.45, 2.75) is 11.1 Å². The molecule has 0 bridgehead atoms. The SMILES string of the molecule is COc1ccc(OC)c(S(=O)(=O)NNc2ccc(C(F)(F)F)cn2)c1. The minimum absolute atomic E-state index is 0.0653. The zero-order valence-corrected chi connectivity index (χ0v) is 13.9. The van der Waals surface area contributed by atoms with Crippen LogP contribution in [0.1, 0.15) is 5.56 Å². The summed E-state index contributed by atoms with van der Waals surface area (Å²) in [6.45, 7) is 0. The summed E-state index contributed by atoms with van der Waals surface area (Å²) in [5, 5.41) is 0. The number of benzene rings is 1. The summed E-state index contributed by atoms with van der Waals surface area (Å²) in [5.74, 6) is 0.239. The summed E-state index contributed by atoms with van der Waals surface area (Å²) in [4.78, 5) is 5.31. The molecule has 1 aromatic carbocycles. The number of alkyl halides is 3. The van der Waals surface area contributed by atoms with Crippen molar-refractivity contribution in [1.82, 2.24) is 9.82 Å². The van der Waals surface area contributed by atoms with Crippen LogP contribution in [0.5, 0.6) is 11.5 Å². The molecule has 136 valence electrons. The third-order valence-electron chi connectivity index (χ3n) is 3.06. The molecule has 0 saturated carbocycles. The van der Waals surface area contributed by atoms with Crippen LogP contribution in [0.4, 0.5) is 19.0 Å². The molecule has 1 aromatic heterocycles. The molecule has 2 aromatic rings. The van der Waals surface area contributed by atoms with Gasteiger partial charge in [0.25, 0.3) is 10.0 Å². The van der Waals surface area contributed by atoms with E-state index in [1.54, 1.807) is 0 Å². The van der Waals surface area contributed by atoms with E-state index in [1.807, 2.05) is 4.83 Å². The molecule has 0 saturated heterocycles. The number of sulfonamides is 1. The number of hydrogen-bond donors (Lipinski definition) is 2. The number of nitrogens with one attached hydrogen (secondary N) is 2. The van der Waals surface area contributed by atoms with E-state index in [1.165, 1.54) is 32.4 Å². The van der Waals surface area contributed by atoms with Gasteiger partial charge in [0.2, 0.25) is 0 Å². The molecule has 0 atom stereocenters. The van der Waals surface area contributed by atoms with Crippen molar-refractivity contribution in [2.75, 3.05) is 19.6 Å². The first-order valence-electron chi connectivity index (χ1n) is 6.70. The van der Waals surface area contributed by atoms with Crippen LogP contribution in [-0.2, 0) is 16.2 Å². The second-order valence-electron chi connectivity index (χ2n) is 4.68. The fourth-order valence-electron chi connectivity index (χ4n) is 1.80. The summed E-state index contributed by atoms with van der Waals surface area (Å²) in [6, 6.07) is 5.93. The lowest BCUT2D eigenvalue weighted by Crippen LogP contribution is -2.30. The van der Waals surface area contributed by atoms with Crippen molar-refractivity contribution in [1.29, 1.82) is 0 Å². The van der Waals surface area contributed by atoms with Gasteiger partial charge in [0.05, 0.1) is 19.8 Å². The molecule has 0 amide bonds. The fourth-order valence-corrected chi connectivity index (χ4v) is 2.84. The maximum atomic E-state index is 12.5. The van der Waals surface area contributed by atoms with Gasteiger partial charge in [-0.1, -0.05) is 0 Å². The number of aromatic nitrogens is 1. The molecule has 2 N–H and O–H groups in total. The Morgan fingerprint density at radius 2 is 1.80 bits per heavy atom. The predicted octanol–water partition coefficient (Wildman–Crippen LogP) is 2.42. The molecule has 1 heterocycles. The van der Waals surface area contributed by atoms with Gasteiger partial charge in [-0.3, -0.25) is 5.43 Å². The first kappa shape index (κ1) is 18.8. The maximum absolute atomic E-state index is 12.5. The van der Waals surface area contributed by atoms with Crippen molar-refractivity contribution in [3.8, 4) is 11.5 Å². The first-order valence-corrected chi connectivity index (χ1v) is 8.19. The van der Waals surface area contributed by atoms with Crippen molar-refractivity contribution < 1.29 is 31.1 Å². The van der Waals surface area contributed by atoms with Gasteiger partial charge < -0.3 is 9.47 Å². The molecule has 0 unspecified atom stereocenters. The highest BCUT2D eigenvalue weighted by Gasteiger charge is 2.30. The molecule has 0 aliphatic carbocycles. The van der Waals surface area contributed by atoms with E-state index in [0.717, 1.165) is 12.1 Å². The lowest BCUT2D eigenvalue weighted by molar-refractivity contribution is -0.137. The number of pyridine rings is 1. The van der Waals surface area contributed by atoms with Crippen LogP contribution < -0.4 is 19.7 Å². The van der Waals surface area contributed by atoms with Crippen LogP contribution in [0, 0.1) is 0 Å². The van der Waals surface area contributed by atoms with Crippen LogP contribution >= 0.6 is 0 Å². The summed E-state index contributed by atoms with van der Waals surface area (Å²) in [6.07, 6.45) is -3.94. The highest BCUT2D eigenvalue weighted by molar-refractivity contribution is 7.89. The first-order chi connectivity index (χ1) is 11.7. The van der Waals surface area contributed by atoms with Crippen molar-refractivity contribution in [3.05, 3.63) is 42.1 Å². The van der Waals surface area contributed by atoms with Gasteiger partial charge in [-0.25, -0.2) is 13.4 Å². The minimum atomic E-state index is -4.53. The number of ether oxygens (including phenoxy) is 2. The molecule has 0 aliphatic rings. The summed E-state index contributed by atoms with van der Waals surface area (Å²) in [5.41, 5.74) is 1.29. The van der Waals surface area contributed by atoms with E-state index in [4.69, 9.17) is 9.47 Å². The Balaban J connectivity index is 2.19. The Labute approximate surface area is 141 Å². The van der Waals surface area contributed by atoms with Crippen molar-refractivity contribution >= 4 is 15.8 Å². The maximum Gasteiger partial charge on any atom is 0.417 e. The zero-order chi connectivity index (χ0) is 18.7. The number of halogens is 3. The van der Waals surface area contributed by atoms with Crippen LogP contribution in [0.2, 0.25) is 0 Å². The van der Waals surface area contributed by atoms with Gasteiger partial charge in [0, 0.05) is 12.3 Å². The summed E-state index contributed by atoms with van der Waals surface area (Å²) >= 11 is 0. The van der Waals surface area contributed by atoms with Gasteiger partial charge in [-0.05, 0) is 24.3 Å². The smallest absolute Gasteiger partial charge is 0.417 e. The average molecular weight is 377 g/mol. The number of hydrogen-bond acceptors (Lipinski definition) is 6. The summed E-state index contributed by atoms with van der Waals surface area (Å²) < 4.78 is 72.1. The molecular formula is C14H14F3N3O4S. The number of nitrogens with zero attached hydrogens (tertiary/aromatic N) is 1. The van der Waals surface area contributed by atoms with Gasteiger partial charge >= 0.3 is 6.18 Å². The lowest BCUT2D eigenvalue weighted by Gasteiger charge is -2.13. The highest BCUT2D eigenvalue weighted by atomic mass is 32.2. The minimum Gasteiger partial charge on any atom is -0.497 e. The molecule has 0 fully saturated rings. The average Bonchev–Trinajstić information content (AvgIpc) is 2.59. The zero-order valence-electron chi connectivity index (χ0n) is 13.1. The Hall–Kier alpha value is -2.53. The van der Waals surface area contributed by atoms with Gasteiger partial charge in [0.1, 0.15) is 22.2 Å². The molecule has 7 nitrogen and oxygen atoms in total. The van der Waals surface area contributed by atoms with Crippen LogP contribution in [-0.4, -0.2) is 27.6 Å². The monoisotopic (exact) mass is 377 g/mol. The third kappa shape index (κ3) is 4.51. The summed E-state index contributed by atoms with van der Waals surface area (Å²) in [7, 11) is -1.43. The molecule has 2 rings (SSSR count). The number of methoxy groups -OCH3 is 2. The number of hydrazine groups is 1. The van der Waals surface area contributed by atoms with E-state index in [9.17, 15) is 21.6 Å². The molecule has 0 aliphatic heterocycles. The fraction of sp³-hybridized carbons (Fsp3) is 0.214. The van der Waals surface area contributed by atoms with E-state index in [0.29, 0.717) is 6.20 Å². The van der Waals surface area contributed by atoms with E-state index in [-0.39, 0.29) is 22.2 Å². The normalized spacial score (nSPS) is 11.9. The van der Waals surface area contributed by atoms with Crippen LogP contribution in [0.25, 0.3) is 0 Å². The molecule has 0 radical (unpaired) electrons. The van der Waals surface area contributed by atoms with E-state index >= 15 is 0 Å². The van der Waals surface area contributed by atoms with Crippen molar-refractivity contribution in [2.24, 2.45) is 0 Å². The lowest BCUT2D eigenvalue weighted by atomic mass is 10.3. The van der Waals surface area contributed by atoms with Gasteiger partial charge in [-0.15, -0.1) is 4.83 Å². The quantitative estimate of drug-likeness (QED) is 0.752. The Bertz CT molecular complexity index is 839. The number of anilines is 1. The molecule has 25 heavy (non-hydrogen) atoms. The molecular weight excluding hydrogens is 363 g/mol. The second-order valence-corrected chi connectivity index (χ2v) is 6.33. The topological polar surface area (TPSA) is 89.5 Å². The van der Waals surface area contributed by atoms with Gasteiger partial charge in [0.15, 0.2) is 0 Å². The largest absolute Gasteiger partial charge is 0.497 e. The highest BCUT2D eigenvalue weighted by Crippen LogP contribution is 2.29.